The number of benzene rings is 1. The van der Waals surface area contributed by atoms with Gasteiger partial charge in [-0.1, -0.05) is 25.0 Å². The van der Waals surface area contributed by atoms with Crippen molar-refractivity contribution in [3.05, 3.63) is 65.7 Å². The molecule has 1 heterocycles. The summed E-state index contributed by atoms with van der Waals surface area (Å²) >= 11 is 0. The van der Waals surface area contributed by atoms with Crippen molar-refractivity contribution in [1.29, 1.82) is 0 Å². The lowest BCUT2D eigenvalue weighted by atomic mass is 9.88. The number of urea groups is 1. The molecule has 23 heavy (non-hydrogen) atoms. The predicted molar refractivity (Wildman–Crippen MR) is 86.2 cm³/mol. The van der Waals surface area contributed by atoms with Crippen LogP contribution in [0, 0.1) is 5.82 Å². The van der Waals surface area contributed by atoms with E-state index in [1.807, 2.05) is 12.1 Å². The van der Waals surface area contributed by atoms with E-state index >= 15 is 0 Å². The van der Waals surface area contributed by atoms with Crippen LogP contribution in [0.1, 0.15) is 36.8 Å². The Labute approximate surface area is 135 Å². The molecule has 1 saturated carbocycles. The summed E-state index contributed by atoms with van der Waals surface area (Å²) in [6.07, 6.45) is 7.27. The molecule has 0 aliphatic heterocycles. The Morgan fingerprint density at radius 2 is 1.74 bits per heavy atom. The third kappa shape index (κ3) is 3.67. The van der Waals surface area contributed by atoms with Crippen LogP contribution in [0.5, 0.6) is 0 Å². The number of rotatable bonds is 4. The quantitative estimate of drug-likeness (QED) is 0.908. The largest absolute Gasteiger partial charge is 0.334 e. The molecule has 0 bridgehead atoms. The van der Waals surface area contributed by atoms with Gasteiger partial charge in [-0.25, -0.2) is 9.18 Å². The summed E-state index contributed by atoms with van der Waals surface area (Å²) in [6, 6.07) is 9.97. The summed E-state index contributed by atoms with van der Waals surface area (Å²) < 4.78 is 13.2. The highest BCUT2D eigenvalue weighted by Crippen LogP contribution is 2.38. The van der Waals surface area contributed by atoms with Gasteiger partial charge in [-0.3, -0.25) is 4.98 Å². The van der Waals surface area contributed by atoms with Gasteiger partial charge in [0.15, 0.2) is 0 Å². The fourth-order valence-electron chi connectivity index (χ4n) is 3.18. The second kappa shape index (κ2) is 6.77. The van der Waals surface area contributed by atoms with Crippen LogP contribution in [0.2, 0.25) is 0 Å². The van der Waals surface area contributed by atoms with Gasteiger partial charge in [-0.05, 0) is 48.2 Å². The summed E-state index contributed by atoms with van der Waals surface area (Å²) in [4.78, 5) is 16.3. The number of halogens is 1. The smallest absolute Gasteiger partial charge is 0.315 e. The molecular formula is C18H20FN3O. The van der Waals surface area contributed by atoms with E-state index in [4.69, 9.17) is 0 Å². The monoisotopic (exact) mass is 313 g/mol. The van der Waals surface area contributed by atoms with Crippen molar-refractivity contribution in [2.75, 3.05) is 0 Å². The number of carbonyl (C=O) groups is 1. The van der Waals surface area contributed by atoms with Gasteiger partial charge in [0.05, 0.1) is 5.54 Å². The first-order valence-electron chi connectivity index (χ1n) is 7.89. The number of carbonyl (C=O) groups excluding carboxylic acids is 1. The van der Waals surface area contributed by atoms with Gasteiger partial charge < -0.3 is 10.6 Å². The molecule has 0 saturated heterocycles. The third-order valence-corrected chi connectivity index (χ3v) is 4.41. The molecule has 1 aliphatic rings. The van der Waals surface area contributed by atoms with Gasteiger partial charge in [-0.15, -0.1) is 0 Å². The van der Waals surface area contributed by atoms with Gasteiger partial charge >= 0.3 is 6.03 Å². The molecule has 3 rings (SSSR count). The lowest BCUT2D eigenvalue weighted by molar-refractivity contribution is 0.224. The van der Waals surface area contributed by atoms with E-state index in [9.17, 15) is 9.18 Å². The highest BCUT2D eigenvalue weighted by molar-refractivity contribution is 5.75. The number of amides is 2. The first kappa shape index (κ1) is 15.5. The van der Waals surface area contributed by atoms with E-state index in [-0.39, 0.29) is 11.8 Å². The lowest BCUT2D eigenvalue weighted by Crippen LogP contribution is -2.48. The van der Waals surface area contributed by atoms with Crippen LogP contribution < -0.4 is 10.6 Å². The van der Waals surface area contributed by atoms with Crippen molar-refractivity contribution < 1.29 is 9.18 Å². The van der Waals surface area contributed by atoms with Crippen molar-refractivity contribution in [1.82, 2.24) is 15.6 Å². The summed E-state index contributed by atoms with van der Waals surface area (Å²) in [5, 5.41) is 5.99. The van der Waals surface area contributed by atoms with Gasteiger partial charge in [0.2, 0.25) is 0 Å². The molecule has 2 N–H and O–H groups in total. The van der Waals surface area contributed by atoms with Crippen LogP contribution in [-0.4, -0.2) is 11.0 Å². The summed E-state index contributed by atoms with van der Waals surface area (Å²) in [6.45, 7) is 0.452. The normalized spacial score (nSPS) is 16.0. The molecule has 0 unspecified atom stereocenters. The molecule has 0 atom stereocenters. The van der Waals surface area contributed by atoms with Crippen LogP contribution in [0.4, 0.5) is 9.18 Å². The first-order valence-corrected chi connectivity index (χ1v) is 7.89. The fourth-order valence-corrected chi connectivity index (χ4v) is 3.18. The van der Waals surface area contributed by atoms with Gasteiger partial charge in [0.1, 0.15) is 5.82 Å². The first-order chi connectivity index (χ1) is 11.2. The molecule has 4 nitrogen and oxygen atoms in total. The van der Waals surface area contributed by atoms with E-state index < -0.39 is 5.54 Å². The molecule has 0 radical (unpaired) electrons. The Morgan fingerprint density at radius 3 is 2.39 bits per heavy atom. The molecule has 120 valence electrons. The SMILES string of the molecule is O=C(NCc1ccncc1)NC1(c2ccc(F)cc2)CCCC1. The molecule has 5 heteroatoms. The third-order valence-electron chi connectivity index (χ3n) is 4.41. The highest BCUT2D eigenvalue weighted by atomic mass is 19.1. The van der Waals surface area contributed by atoms with Gasteiger partial charge in [-0.2, -0.15) is 0 Å². The van der Waals surface area contributed by atoms with Crippen LogP contribution in [0.25, 0.3) is 0 Å². The average Bonchev–Trinajstić information content (AvgIpc) is 3.04. The number of nitrogens with zero attached hydrogens (tertiary/aromatic N) is 1. The molecule has 1 fully saturated rings. The van der Waals surface area contributed by atoms with E-state index in [0.29, 0.717) is 6.54 Å². The van der Waals surface area contributed by atoms with Crippen molar-refractivity contribution in [2.45, 2.75) is 37.8 Å². The Balaban J connectivity index is 1.67. The Kier molecular flexibility index (Phi) is 4.55. The fraction of sp³-hybridized carbons (Fsp3) is 0.333. The average molecular weight is 313 g/mol. The number of aromatic nitrogens is 1. The summed E-state index contributed by atoms with van der Waals surface area (Å²) in [7, 11) is 0. The van der Waals surface area contributed by atoms with Gasteiger partial charge in [0.25, 0.3) is 0 Å². The minimum Gasteiger partial charge on any atom is -0.334 e. The lowest BCUT2D eigenvalue weighted by Gasteiger charge is -2.31. The Hall–Kier alpha value is -2.43. The van der Waals surface area contributed by atoms with Gasteiger partial charge in [0, 0.05) is 18.9 Å². The van der Waals surface area contributed by atoms with E-state index in [2.05, 4.69) is 15.6 Å². The zero-order valence-electron chi connectivity index (χ0n) is 12.9. The van der Waals surface area contributed by atoms with E-state index in [1.165, 1.54) is 12.1 Å². The zero-order chi connectivity index (χ0) is 16.1. The molecule has 2 amide bonds. The maximum absolute atomic E-state index is 13.2. The summed E-state index contributed by atoms with van der Waals surface area (Å²) in [5.74, 6) is -0.260. The number of hydrogen-bond donors (Lipinski definition) is 2. The Bertz CT molecular complexity index is 652. The van der Waals surface area contributed by atoms with Crippen LogP contribution in [0.3, 0.4) is 0 Å². The van der Waals surface area contributed by atoms with Crippen LogP contribution in [0.15, 0.2) is 48.8 Å². The molecule has 2 aromatic rings. The minimum absolute atomic E-state index is 0.201. The molecule has 1 aliphatic carbocycles. The van der Waals surface area contributed by atoms with Crippen LogP contribution >= 0.6 is 0 Å². The van der Waals surface area contributed by atoms with E-state index in [1.54, 1.807) is 24.5 Å². The van der Waals surface area contributed by atoms with Crippen molar-refractivity contribution in [3.8, 4) is 0 Å². The molecule has 0 spiro atoms. The predicted octanol–water partition coefficient (Wildman–Crippen LogP) is 3.49. The van der Waals surface area contributed by atoms with Crippen molar-refractivity contribution in [2.24, 2.45) is 0 Å². The maximum atomic E-state index is 13.2. The molecule has 1 aromatic heterocycles. The zero-order valence-corrected chi connectivity index (χ0v) is 12.9. The molecule has 1 aromatic carbocycles. The Morgan fingerprint density at radius 1 is 1.09 bits per heavy atom. The van der Waals surface area contributed by atoms with Crippen molar-refractivity contribution >= 4 is 6.03 Å². The van der Waals surface area contributed by atoms with E-state index in [0.717, 1.165) is 36.8 Å². The maximum Gasteiger partial charge on any atom is 0.315 e. The number of hydrogen-bond acceptors (Lipinski definition) is 2. The number of nitrogens with one attached hydrogen (secondary N) is 2. The van der Waals surface area contributed by atoms with Crippen LogP contribution in [-0.2, 0) is 12.1 Å². The minimum atomic E-state index is -0.393. The topological polar surface area (TPSA) is 54.0 Å². The van der Waals surface area contributed by atoms with Crippen molar-refractivity contribution in [3.63, 3.8) is 0 Å². The molecular weight excluding hydrogens is 293 g/mol. The standard InChI is InChI=1S/C18H20FN3O/c19-16-5-3-15(4-6-16)18(9-1-2-10-18)22-17(23)21-13-14-7-11-20-12-8-14/h3-8,11-12H,1-2,9-10,13H2,(H2,21,22,23). The number of pyridine rings is 1. The summed E-state index contributed by atoms with van der Waals surface area (Å²) in [5.41, 5.74) is 1.57. The second-order valence-corrected chi connectivity index (χ2v) is 5.96. The second-order valence-electron chi connectivity index (χ2n) is 5.96. The highest BCUT2D eigenvalue weighted by Gasteiger charge is 2.36.